The molecule has 0 saturated carbocycles. The Morgan fingerprint density at radius 1 is 1.35 bits per heavy atom. The molecule has 1 aliphatic heterocycles. The molecule has 0 bridgehead atoms. The third kappa shape index (κ3) is 4.01. The Kier molecular flexibility index (Phi) is 4.93. The first-order valence-corrected chi connectivity index (χ1v) is 7.47. The van der Waals surface area contributed by atoms with Gasteiger partial charge < -0.3 is 15.3 Å². The molecule has 1 aliphatic rings. The maximum absolute atomic E-state index is 12.8. The van der Waals surface area contributed by atoms with Gasteiger partial charge in [0, 0.05) is 13.1 Å². The molecule has 0 unspecified atom stereocenters. The third-order valence-electron chi connectivity index (χ3n) is 3.56. The Morgan fingerprint density at radius 3 is 2.52 bits per heavy atom. The first-order valence-electron chi connectivity index (χ1n) is 6.59. The van der Waals surface area contributed by atoms with E-state index in [1.807, 2.05) is 0 Å². The minimum absolute atomic E-state index is 0.371. The highest BCUT2D eigenvalue weighted by Gasteiger charge is 2.53. The van der Waals surface area contributed by atoms with Crippen LogP contribution in [0, 0.1) is 11.8 Å². The number of hydrogen-bond donors (Lipinski definition) is 2. The minimum Gasteiger partial charge on any atom is -0.481 e. The predicted molar refractivity (Wildman–Crippen MR) is 73.9 cm³/mol. The third-order valence-corrected chi connectivity index (χ3v) is 4.42. The number of carboxylic acid groups (broad SMARTS) is 1. The van der Waals surface area contributed by atoms with E-state index in [0.29, 0.717) is 4.88 Å². The van der Waals surface area contributed by atoms with Gasteiger partial charge in [-0.1, -0.05) is 6.07 Å². The molecule has 6 nitrogen and oxygen atoms in total. The van der Waals surface area contributed by atoms with Gasteiger partial charge in [0.2, 0.25) is 5.91 Å². The molecule has 0 spiro atoms. The van der Waals surface area contributed by atoms with Gasteiger partial charge in [-0.25, -0.2) is 0 Å². The number of carbonyl (C=O) groups excluding carboxylic acids is 2. The molecule has 1 saturated heterocycles. The largest absolute Gasteiger partial charge is 0.481 e. The van der Waals surface area contributed by atoms with Crippen molar-refractivity contribution < 1.29 is 32.7 Å². The number of rotatable bonds is 4. The van der Waals surface area contributed by atoms with Crippen molar-refractivity contribution in [3.63, 3.8) is 0 Å². The summed E-state index contributed by atoms with van der Waals surface area (Å²) in [7, 11) is 0. The summed E-state index contributed by atoms with van der Waals surface area (Å²) in [5, 5.41) is 12.9. The van der Waals surface area contributed by atoms with Gasteiger partial charge in [0.15, 0.2) is 0 Å². The fourth-order valence-electron chi connectivity index (χ4n) is 2.35. The lowest BCUT2D eigenvalue weighted by Gasteiger charge is -2.18. The van der Waals surface area contributed by atoms with E-state index in [4.69, 9.17) is 5.11 Å². The van der Waals surface area contributed by atoms with Crippen LogP contribution in [0.15, 0.2) is 17.5 Å². The summed E-state index contributed by atoms with van der Waals surface area (Å²) in [5.41, 5.74) is 0. The molecule has 2 N–H and O–H groups in total. The zero-order valence-corrected chi connectivity index (χ0v) is 12.5. The normalized spacial score (nSPS) is 21.3. The van der Waals surface area contributed by atoms with Gasteiger partial charge in [-0.05, 0) is 11.4 Å². The summed E-state index contributed by atoms with van der Waals surface area (Å²) in [4.78, 5) is 35.7. The van der Waals surface area contributed by atoms with Crippen molar-refractivity contribution in [1.82, 2.24) is 10.2 Å². The number of aliphatic carboxylic acids is 1. The summed E-state index contributed by atoms with van der Waals surface area (Å²) < 4.78 is 38.5. The molecule has 10 heteroatoms. The SMILES string of the molecule is O=C(NCC(=O)N1C[C@@H](C(F)(F)F)[C@H](C(=O)O)C1)c1cccs1. The number of carbonyl (C=O) groups is 3. The standard InChI is InChI=1S/C13H13F3N2O4S/c14-13(15,16)8-6-18(5-7(8)12(21)22)10(19)4-17-11(20)9-2-1-3-23-9/h1-3,7-8H,4-6H2,(H,17,20)(H,21,22)/t7-,8-/m1/s1. The number of amides is 2. The quantitative estimate of drug-likeness (QED) is 0.854. The number of nitrogens with one attached hydrogen (secondary N) is 1. The number of carboxylic acids is 1. The maximum atomic E-state index is 12.8. The molecule has 0 aromatic carbocycles. The van der Waals surface area contributed by atoms with E-state index in [0.717, 1.165) is 16.2 Å². The molecule has 2 heterocycles. The minimum atomic E-state index is -4.70. The lowest BCUT2D eigenvalue weighted by atomic mass is 9.96. The number of nitrogens with zero attached hydrogens (tertiary/aromatic N) is 1. The van der Waals surface area contributed by atoms with Crippen LogP contribution >= 0.6 is 11.3 Å². The topological polar surface area (TPSA) is 86.7 Å². The highest BCUT2D eigenvalue weighted by molar-refractivity contribution is 7.12. The van der Waals surface area contributed by atoms with Gasteiger partial charge in [0.1, 0.15) is 0 Å². The summed E-state index contributed by atoms with van der Waals surface area (Å²) in [6.07, 6.45) is -4.70. The Bertz CT molecular complexity index is 603. The van der Waals surface area contributed by atoms with Crippen molar-refractivity contribution in [2.45, 2.75) is 6.18 Å². The van der Waals surface area contributed by atoms with Crippen molar-refractivity contribution in [2.24, 2.45) is 11.8 Å². The summed E-state index contributed by atoms with van der Waals surface area (Å²) in [6.45, 7) is -1.71. The van der Waals surface area contributed by atoms with Gasteiger partial charge in [0.25, 0.3) is 5.91 Å². The van der Waals surface area contributed by atoms with Gasteiger partial charge in [-0.2, -0.15) is 13.2 Å². The van der Waals surface area contributed by atoms with Crippen LogP contribution in [0.25, 0.3) is 0 Å². The highest BCUT2D eigenvalue weighted by Crippen LogP contribution is 2.37. The van der Waals surface area contributed by atoms with Crippen LogP contribution in [0.1, 0.15) is 9.67 Å². The lowest BCUT2D eigenvalue weighted by molar-refractivity contribution is -0.188. The molecule has 1 fully saturated rings. The van der Waals surface area contributed by atoms with Gasteiger partial charge in [-0.3, -0.25) is 14.4 Å². The number of alkyl halides is 3. The molecule has 2 rings (SSSR count). The van der Waals surface area contributed by atoms with Crippen LogP contribution in [-0.4, -0.2) is 53.6 Å². The first kappa shape index (κ1) is 17.3. The molecule has 0 aliphatic carbocycles. The van der Waals surface area contributed by atoms with E-state index in [9.17, 15) is 27.6 Å². The van der Waals surface area contributed by atoms with Crippen LogP contribution < -0.4 is 5.32 Å². The fourth-order valence-corrected chi connectivity index (χ4v) is 2.99. The molecule has 126 valence electrons. The molecule has 2 atom stereocenters. The van der Waals surface area contributed by atoms with E-state index in [1.54, 1.807) is 17.5 Å². The van der Waals surface area contributed by atoms with E-state index >= 15 is 0 Å². The molecule has 2 amide bonds. The summed E-state index contributed by atoms with van der Waals surface area (Å²) >= 11 is 1.16. The highest BCUT2D eigenvalue weighted by atomic mass is 32.1. The monoisotopic (exact) mass is 350 g/mol. The van der Waals surface area contributed by atoms with Crippen molar-refractivity contribution in [2.75, 3.05) is 19.6 Å². The maximum Gasteiger partial charge on any atom is 0.394 e. The number of halogens is 3. The van der Waals surface area contributed by atoms with Gasteiger partial charge in [-0.15, -0.1) is 11.3 Å². The molecular formula is C13H13F3N2O4S. The zero-order chi connectivity index (χ0) is 17.2. The van der Waals surface area contributed by atoms with E-state index in [-0.39, 0.29) is 0 Å². The van der Waals surface area contributed by atoms with Crippen LogP contribution in [0.4, 0.5) is 13.2 Å². The predicted octanol–water partition coefficient (Wildman–Crippen LogP) is 1.20. The van der Waals surface area contributed by atoms with E-state index < -0.39 is 55.4 Å². The van der Waals surface area contributed by atoms with E-state index in [2.05, 4.69) is 5.32 Å². The molecule has 1 aromatic rings. The van der Waals surface area contributed by atoms with Crippen molar-refractivity contribution in [3.05, 3.63) is 22.4 Å². The van der Waals surface area contributed by atoms with Crippen LogP contribution in [-0.2, 0) is 9.59 Å². The molecule has 1 aromatic heterocycles. The second-order valence-corrected chi connectivity index (χ2v) is 6.00. The zero-order valence-electron chi connectivity index (χ0n) is 11.7. The average Bonchev–Trinajstić information content (AvgIpc) is 3.11. The second kappa shape index (κ2) is 6.57. The Morgan fingerprint density at radius 2 is 2.04 bits per heavy atom. The van der Waals surface area contributed by atoms with E-state index in [1.165, 1.54) is 0 Å². The summed E-state index contributed by atoms with van der Waals surface area (Å²) in [5.74, 6) is -6.63. The Balaban J connectivity index is 1.95. The Hall–Kier alpha value is -2.10. The van der Waals surface area contributed by atoms with Crippen LogP contribution in [0.5, 0.6) is 0 Å². The summed E-state index contributed by atoms with van der Waals surface area (Å²) in [6, 6.07) is 3.19. The molecule has 0 radical (unpaired) electrons. The molecular weight excluding hydrogens is 337 g/mol. The first-order chi connectivity index (χ1) is 10.7. The Labute approximate surface area is 132 Å². The van der Waals surface area contributed by atoms with Crippen molar-refractivity contribution in [1.29, 1.82) is 0 Å². The lowest BCUT2D eigenvalue weighted by Crippen LogP contribution is -2.39. The van der Waals surface area contributed by atoms with Crippen LogP contribution in [0.2, 0.25) is 0 Å². The average molecular weight is 350 g/mol. The molecule has 23 heavy (non-hydrogen) atoms. The smallest absolute Gasteiger partial charge is 0.394 e. The fraction of sp³-hybridized carbons (Fsp3) is 0.462. The van der Waals surface area contributed by atoms with Crippen LogP contribution in [0.3, 0.4) is 0 Å². The van der Waals surface area contributed by atoms with Crippen molar-refractivity contribution >= 4 is 29.1 Å². The number of hydrogen-bond acceptors (Lipinski definition) is 4. The van der Waals surface area contributed by atoms with Crippen molar-refractivity contribution in [3.8, 4) is 0 Å². The van der Waals surface area contributed by atoms with Gasteiger partial charge in [0.05, 0.1) is 23.3 Å². The second-order valence-electron chi connectivity index (χ2n) is 5.05. The number of thiophene rings is 1. The van der Waals surface area contributed by atoms with Gasteiger partial charge >= 0.3 is 12.1 Å². The number of likely N-dealkylation sites (tertiary alicyclic amines) is 1.